The number of carbonyl (C=O) groups excluding carboxylic acids is 2. The molecule has 2 aromatic rings. The first kappa shape index (κ1) is 33.6. The Balaban J connectivity index is 0.000000629. The van der Waals surface area contributed by atoms with Crippen LogP contribution in [0.25, 0.3) is 11.0 Å². The summed E-state index contributed by atoms with van der Waals surface area (Å²) < 4.78 is 98.2. The number of benzene rings is 1. The van der Waals surface area contributed by atoms with E-state index in [4.69, 9.17) is 11.6 Å². The van der Waals surface area contributed by atoms with Crippen LogP contribution in [-0.4, -0.2) is 51.6 Å². The van der Waals surface area contributed by atoms with Crippen molar-refractivity contribution in [2.75, 3.05) is 6.54 Å². The molecule has 3 rings (SSSR count). The van der Waals surface area contributed by atoms with Crippen molar-refractivity contribution in [3.05, 3.63) is 41.5 Å². The van der Waals surface area contributed by atoms with E-state index < -0.39 is 55.2 Å². The van der Waals surface area contributed by atoms with Crippen LogP contribution in [0, 0.1) is 0 Å². The zero-order valence-electron chi connectivity index (χ0n) is 21.8. The highest BCUT2D eigenvalue weighted by Crippen LogP contribution is 2.32. The number of fused-ring (bicyclic) bond motifs is 1. The summed E-state index contributed by atoms with van der Waals surface area (Å²) >= 11 is 0. The van der Waals surface area contributed by atoms with Crippen molar-refractivity contribution in [2.24, 2.45) is 11.6 Å². The fourth-order valence-electron chi connectivity index (χ4n) is 3.75. The average Bonchev–Trinajstić information content (AvgIpc) is 3.26. The van der Waals surface area contributed by atoms with Gasteiger partial charge in [0.2, 0.25) is 11.8 Å². The lowest BCUT2D eigenvalue weighted by Gasteiger charge is -2.21. The first-order valence-electron chi connectivity index (χ1n) is 12.5. The molecule has 1 heterocycles. The Morgan fingerprint density at radius 3 is 2.22 bits per heavy atom. The van der Waals surface area contributed by atoms with Gasteiger partial charge in [0.15, 0.2) is 0 Å². The second kappa shape index (κ2) is 14.3. The Kier molecular flexibility index (Phi) is 11.7. The van der Waals surface area contributed by atoms with Gasteiger partial charge in [-0.1, -0.05) is 12.5 Å². The van der Waals surface area contributed by atoms with E-state index in [0.29, 0.717) is 35.6 Å². The van der Waals surface area contributed by atoms with Crippen molar-refractivity contribution in [2.45, 2.75) is 76.3 Å². The number of amides is 2. The molecule has 41 heavy (non-hydrogen) atoms. The van der Waals surface area contributed by atoms with E-state index >= 15 is 0 Å². The summed E-state index contributed by atoms with van der Waals surface area (Å²) in [4.78, 5) is 30.7. The first-order valence-corrected chi connectivity index (χ1v) is 12.5. The van der Waals surface area contributed by atoms with Crippen molar-refractivity contribution in [3.8, 4) is 0 Å². The molecule has 230 valence electrons. The Bertz CT molecular complexity index is 1190. The van der Waals surface area contributed by atoms with E-state index in [-0.39, 0.29) is 36.8 Å². The molecule has 1 aliphatic carbocycles. The molecule has 1 aliphatic rings. The van der Waals surface area contributed by atoms with Crippen LogP contribution in [0.2, 0.25) is 0 Å². The number of hydrogen-bond acceptors (Lipinski definition) is 6. The average molecular weight is 602 g/mol. The number of hydrazine groups is 1. The van der Waals surface area contributed by atoms with Gasteiger partial charge in [0, 0.05) is 32.0 Å². The van der Waals surface area contributed by atoms with Crippen molar-refractivity contribution in [3.63, 3.8) is 0 Å². The Morgan fingerprint density at radius 2 is 1.68 bits per heavy atom. The molecule has 0 saturated heterocycles. The molecule has 1 fully saturated rings. The largest absolute Gasteiger partial charge is 0.407 e. The van der Waals surface area contributed by atoms with Gasteiger partial charge in [0.25, 0.3) is 5.91 Å². The van der Waals surface area contributed by atoms with E-state index in [9.17, 15) is 44.7 Å². The molecule has 1 saturated carbocycles. The lowest BCUT2D eigenvalue weighted by Crippen LogP contribution is -2.44. The van der Waals surface area contributed by atoms with Crippen LogP contribution >= 0.6 is 0 Å². The number of aromatic amines is 1. The smallest absolute Gasteiger partial charge is 0.403 e. The van der Waals surface area contributed by atoms with Gasteiger partial charge < -0.3 is 21.4 Å². The van der Waals surface area contributed by atoms with Gasteiger partial charge >= 0.3 is 12.4 Å². The van der Waals surface area contributed by atoms with Crippen LogP contribution < -0.4 is 22.2 Å². The molecule has 2 amide bonds. The maximum atomic E-state index is 12.4. The molecule has 0 spiro atoms. The molecule has 7 N–H and O–H groups in total. The van der Waals surface area contributed by atoms with E-state index in [1.165, 1.54) is 0 Å². The highest BCUT2D eigenvalue weighted by atomic mass is 19.4. The molecule has 17 heteroatoms. The lowest BCUT2D eigenvalue weighted by molar-refractivity contribution is -0.144. The third-order valence-corrected chi connectivity index (χ3v) is 5.77. The summed E-state index contributed by atoms with van der Waals surface area (Å²) in [6.07, 6.45) is -7.64. The minimum atomic E-state index is -4.64. The third kappa shape index (κ3) is 12.6. The maximum absolute atomic E-state index is 12.4. The highest BCUT2D eigenvalue weighted by molar-refractivity contribution is 5.92. The molecule has 0 radical (unpaired) electrons. The van der Waals surface area contributed by atoms with Gasteiger partial charge in [-0.2, -0.15) is 26.3 Å². The third-order valence-electron chi connectivity index (χ3n) is 5.77. The number of halogens is 8. The minimum Gasteiger partial charge on any atom is -0.403 e. The van der Waals surface area contributed by atoms with Crippen LogP contribution in [0.15, 0.2) is 30.1 Å². The van der Waals surface area contributed by atoms with E-state index in [2.05, 4.69) is 20.6 Å². The number of imidazole rings is 1. The molecule has 9 nitrogen and oxygen atoms in total. The fraction of sp³-hybridized carbons (Fsp3) is 0.542. The zero-order valence-corrected chi connectivity index (χ0v) is 21.8. The quantitative estimate of drug-likeness (QED) is 0.126. The number of carbonyl (C=O) groups is 2. The van der Waals surface area contributed by atoms with Crippen molar-refractivity contribution in [1.82, 2.24) is 25.6 Å². The summed E-state index contributed by atoms with van der Waals surface area (Å²) in [6.45, 7) is -1.77. The second-order valence-corrected chi connectivity index (χ2v) is 9.32. The normalized spacial score (nSPS) is 15.6. The standard InChI is InChI=1S/C18H21F6N7O2.C6H10F2/c19-17(20,21)4-3-15(32)27-7-10-1-2-11-12(5-10)30-14(29-11)8-28-16(33)13(6-25)31(26)9-18(22,23)24;7-6(8)4-2-1-3-5-6/h1-2,5-6H,3-4,7-9,25-26H2,(H,27,32)(H,28,33)(H,29,30);1-5H2/b13-6-;. The molecule has 0 bridgehead atoms. The van der Waals surface area contributed by atoms with Crippen molar-refractivity contribution in [1.29, 1.82) is 0 Å². The van der Waals surface area contributed by atoms with E-state index in [0.717, 1.165) is 6.42 Å². The summed E-state index contributed by atoms with van der Waals surface area (Å²) in [7, 11) is 0. The summed E-state index contributed by atoms with van der Waals surface area (Å²) in [5.41, 5.74) is 6.20. The predicted octanol–water partition coefficient (Wildman–Crippen LogP) is 4.26. The van der Waals surface area contributed by atoms with Gasteiger partial charge in [-0.25, -0.2) is 19.6 Å². The topological polar surface area (TPSA) is 142 Å². The molecule has 1 aromatic carbocycles. The van der Waals surface area contributed by atoms with Crippen LogP contribution in [0.4, 0.5) is 35.1 Å². The Labute approximate surface area is 229 Å². The molecule has 0 unspecified atom stereocenters. The summed E-state index contributed by atoms with van der Waals surface area (Å²) in [5, 5.41) is 4.89. The summed E-state index contributed by atoms with van der Waals surface area (Å²) in [6, 6.07) is 4.80. The number of nitrogens with zero attached hydrogens (tertiary/aromatic N) is 2. The molecule has 1 aromatic heterocycles. The molecule has 0 atom stereocenters. The summed E-state index contributed by atoms with van der Waals surface area (Å²) in [5.74, 6) is 1.49. The Morgan fingerprint density at radius 1 is 1.02 bits per heavy atom. The Hall–Kier alpha value is -3.63. The van der Waals surface area contributed by atoms with Crippen LogP contribution in [0.5, 0.6) is 0 Å². The van der Waals surface area contributed by atoms with Gasteiger partial charge in [0.1, 0.15) is 18.1 Å². The number of alkyl halides is 8. The maximum Gasteiger partial charge on any atom is 0.407 e. The number of H-pyrrole nitrogens is 1. The molecule has 0 aliphatic heterocycles. The van der Waals surface area contributed by atoms with Crippen LogP contribution in [-0.2, 0) is 22.7 Å². The monoisotopic (exact) mass is 601 g/mol. The first-order chi connectivity index (χ1) is 19.0. The van der Waals surface area contributed by atoms with Gasteiger partial charge in [-0.05, 0) is 30.5 Å². The van der Waals surface area contributed by atoms with Crippen LogP contribution in [0.3, 0.4) is 0 Å². The number of nitrogens with one attached hydrogen (secondary N) is 3. The van der Waals surface area contributed by atoms with E-state index in [1.807, 2.05) is 0 Å². The lowest BCUT2D eigenvalue weighted by atomic mass is 9.97. The number of hydrogen-bond donors (Lipinski definition) is 5. The van der Waals surface area contributed by atoms with Gasteiger partial charge in [-0.3, -0.25) is 14.6 Å². The number of rotatable bonds is 9. The number of aromatic nitrogens is 2. The van der Waals surface area contributed by atoms with Gasteiger partial charge in [-0.15, -0.1) is 0 Å². The minimum absolute atomic E-state index is 0.00604. The predicted molar refractivity (Wildman–Crippen MR) is 132 cm³/mol. The zero-order chi connectivity index (χ0) is 30.8. The molecular weight excluding hydrogens is 570 g/mol. The number of nitrogens with two attached hydrogens (primary N) is 2. The SMILES string of the molecule is FC1(F)CCCCC1.N/C=C(/C(=O)NCc1nc2ccc(CNC(=O)CCC(F)(F)F)cc2[nH]1)N(N)CC(F)(F)F. The van der Waals surface area contributed by atoms with Crippen LogP contribution in [0.1, 0.15) is 56.3 Å². The van der Waals surface area contributed by atoms with Crippen molar-refractivity contribution < 1.29 is 44.7 Å². The van der Waals surface area contributed by atoms with Gasteiger partial charge in [0.05, 0.1) is 24.0 Å². The highest BCUT2D eigenvalue weighted by Gasteiger charge is 2.32. The fourth-order valence-corrected chi connectivity index (χ4v) is 3.75. The second-order valence-electron chi connectivity index (χ2n) is 9.32. The van der Waals surface area contributed by atoms with E-state index in [1.54, 1.807) is 18.2 Å². The molecular formula is C24H31F8N7O2. The van der Waals surface area contributed by atoms with Crippen molar-refractivity contribution >= 4 is 22.8 Å².